The molecular formula is C13H19N3O2. The fourth-order valence-corrected chi connectivity index (χ4v) is 1.92. The predicted molar refractivity (Wildman–Crippen MR) is 71.8 cm³/mol. The number of carbonyl (C=O) groups is 2. The first kappa shape index (κ1) is 12.4. The number of nitrogen functional groups attached to an aromatic ring is 1. The number of rotatable bonds is 3. The number of allylic oxidation sites excluding steroid dienone is 1. The van der Waals surface area contributed by atoms with Crippen LogP contribution in [0.15, 0.2) is 18.8 Å². The van der Waals surface area contributed by atoms with Crippen LogP contribution in [-0.2, 0) is 4.79 Å². The molecule has 3 N–H and O–H groups in total. The van der Waals surface area contributed by atoms with Gasteiger partial charge in [-0.05, 0) is 25.8 Å². The Hall–Kier alpha value is -2.04. The molecule has 1 aromatic heterocycles. The Kier molecular flexibility index (Phi) is 3.23. The molecule has 0 radical (unpaired) electrons. The van der Waals surface area contributed by atoms with Crippen LogP contribution in [0.4, 0.5) is 5.82 Å². The summed E-state index contributed by atoms with van der Waals surface area (Å²) >= 11 is 0. The highest BCUT2D eigenvalue weighted by Gasteiger charge is 2.27. The smallest absolute Gasteiger partial charge is 0.261 e. The number of imide groups is 1. The normalized spacial score (nSPS) is 14.9. The van der Waals surface area contributed by atoms with Gasteiger partial charge >= 0.3 is 0 Å². The van der Waals surface area contributed by atoms with E-state index in [-0.39, 0.29) is 13.3 Å². The van der Waals surface area contributed by atoms with Gasteiger partial charge in [-0.15, -0.1) is 0 Å². The van der Waals surface area contributed by atoms with Crippen LogP contribution >= 0.6 is 0 Å². The van der Waals surface area contributed by atoms with E-state index >= 15 is 0 Å². The van der Waals surface area contributed by atoms with Crippen LogP contribution in [0.1, 0.15) is 38.0 Å². The summed E-state index contributed by atoms with van der Waals surface area (Å²) in [5.41, 5.74) is 6.86. The number of aromatic nitrogens is 1. The van der Waals surface area contributed by atoms with Crippen molar-refractivity contribution in [3.05, 3.63) is 24.4 Å². The minimum Gasteiger partial charge on any atom is -0.384 e. The standard InChI is InChI=1S/C13H17N3O2.H2/c1-8(2)16-7-6-10(11(16)14)13(18)15-12(17)9-4-3-5-9;/h6-7,9H,1,3-5,14H2,2H3,(H,15,17,18);1H. The summed E-state index contributed by atoms with van der Waals surface area (Å²) in [5, 5.41) is 2.39. The van der Waals surface area contributed by atoms with E-state index in [2.05, 4.69) is 11.9 Å². The van der Waals surface area contributed by atoms with E-state index < -0.39 is 5.91 Å². The summed E-state index contributed by atoms with van der Waals surface area (Å²) in [6, 6.07) is 1.59. The Morgan fingerprint density at radius 2 is 2.22 bits per heavy atom. The predicted octanol–water partition coefficient (Wildman–Crippen LogP) is 1.86. The number of amides is 2. The van der Waals surface area contributed by atoms with Gasteiger partial charge in [-0.2, -0.15) is 0 Å². The quantitative estimate of drug-likeness (QED) is 0.803. The third-order valence-electron chi connectivity index (χ3n) is 3.29. The zero-order valence-electron chi connectivity index (χ0n) is 10.4. The molecule has 1 saturated carbocycles. The lowest BCUT2D eigenvalue weighted by Crippen LogP contribution is -2.38. The average Bonchev–Trinajstić information content (AvgIpc) is 2.56. The Morgan fingerprint density at radius 3 is 2.67 bits per heavy atom. The molecule has 5 nitrogen and oxygen atoms in total. The monoisotopic (exact) mass is 249 g/mol. The van der Waals surface area contributed by atoms with Gasteiger partial charge in [0.05, 0.1) is 5.56 Å². The second kappa shape index (κ2) is 4.68. The van der Waals surface area contributed by atoms with Crippen LogP contribution in [-0.4, -0.2) is 16.4 Å². The number of hydrogen-bond acceptors (Lipinski definition) is 3. The summed E-state index contributed by atoms with van der Waals surface area (Å²) in [5.74, 6) is -0.349. The molecule has 1 fully saturated rings. The molecule has 1 heterocycles. The lowest BCUT2D eigenvalue weighted by Gasteiger charge is -2.23. The van der Waals surface area contributed by atoms with Crippen molar-refractivity contribution in [2.45, 2.75) is 26.2 Å². The van der Waals surface area contributed by atoms with Crippen molar-refractivity contribution in [2.75, 3.05) is 5.73 Å². The molecule has 98 valence electrons. The molecule has 1 aromatic rings. The molecule has 2 rings (SSSR count). The van der Waals surface area contributed by atoms with Crippen molar-refractivity contribution < 1.29 is 11.0 Å². The molecule has 1 aliphatic carbocycles. The second-order valence-corrected chi connectivity index (χ2v) is 4.67. The van der Waals surface area contributed by atoms with Crippen LogP contribution in [0.25, 0.3) is 5.70 Å². The number of nitrogens with one attached hydrogen (secondary N) is 1. The highest BCUT2D eigenvalue weighted by molar-refractivity contribution is 6.08. The zero-order chi connectivity index (χ0) is 13.3. The fourth-order valence-electron chi connectivity index (χ4n) is 1.92. The third kappa shape index (κ3) is 2.16. The molecule has 18 heavy (non-hydrogen) atoms. The first-order valence-electron chi connectivity index (χ1n) is 5.98. The molecular weight excluding hydrogens is 230 g/mol. The van der Waals surface area contributed by atoms with Crippen LogP contribution in [0.2, 0.25) is 0 Å². The van der Waals surface area contributed by atoms with E-state index in [0.29, 0.717) is 11.4 Å². The Balaban J connectivity index is 0.00000180. The molecule has 1 aliphatic rings. The Morgan fingerprint density at radius 1 is 1.56 bits per heavy atom. The fraction of sp³-hybridized carbons (Fsp3) is 0.385. The van der Waals surface area contributed by atoms with Crippen molar-refractivity contribution in [2.24, 2.45) is 5.92 Å². The van der Waals surface area contributed by atoms with Crippen molar-refractivity contribution in [1.82, 2.24) is 9.88 Å². The van der Waals surface area contributed by atoms with Crippen LogP contribution in [0.5, 0.6) is 0 Å². The van der Waals surface area contributed by atoms with Crippen LogP contribution in [0.3, 0.4) is 0 Å². The van der Waals surface area contributed by atoms with Crippen molar-refractivity contribution in [1.29, 1.82) is 0 Å². The number of nitrogens with zero attached hydrogens (tertiary/aromatic N) is 1. The molecule has 0 saturated heterocycles. The SMILES string of the molecule is C=C(C)n1ccc(C(=O)NC(=O)C2CCC2)c1N.[HH]. The molecule has 0 aromatic carbocycles. The maximum atomic E-state index is 11.9. The minimum absolute atomic E-state index is 0. The van der Waals surface area contributed by atoms with Crippen molar-refractivity contribution in [3.63, 3.8) is 0 Å². The minimum atomic E-state index is -0.440. The number of nitrogens with two attached hydrogens (primary N) is 1. The largest absolute Gasteiger partial charge is 0.384 e. The molecule has 0 aliphatic heterocycles. The van der Waals surface area contributed by atoms with Gasteiger partial charge in [0.1, 0.15) is 5.82 Å². The Bertz CT molecular complexity index is 518. The average molecular weight is 249 g/mol. The first-order chi connectivity index (χ1) is 8.50. The topological polar surface area (TPSA) is 77.1 Å². The van der Waals surface area contributed by atoms with Gasteiger partial charge in [0, 0.05) is 19.2 Å². The van der Waals surface area contributed by atoms with Gasteiger partial charge < -0.3 is 10.3 Å². The van der Waals surface area contributed by atoms with E-state index in [1.54, 1.807) is 23.8 Å². The summed E-state index contributed by atoms with van der Waals surface area (Å²) in [7, 11) is 0. The molecule has 0 bridgehead atoms. The van der Waals surface area contributed by atoms with Crippen molar-refractivity contribution in [3.8, 4) is 0 Å². The van der Waals surface area contributed by atoms with Gasteiger partial charge in [-0.1, -0.05) is 13.0 Å². The van der Waals surface area contributed by atoms with Gasteiger partial charge in [-0.3, -0.25) is 14.9 Å². The molecule has 2 amide bonds. The summed E-state index contributed by atoms with van der Waals surface area (Å²) in [6.45, 7) is 5.54. The highest BCUT2D eigenvalue weighted by Crippen LogP contribution is 2.26. The molecule has 0 unspecified atom stereocenters. The lowest BCUT2D eigenvalue weighted by atomic mass is 9.85. The van der Waals surface area contributed by atoms with Gasteiger partial charge in [-0.25, -0.2) is 0 Å². The van der Waals surface area contributed by atoms with Gasteiger partial charge in [0.15, 0.2) is 0 Å². The number of hydrogen-bond donors (Lipinski definition) is 2. The maximum absolute atomic E-state index is 11.9. The summed E-state index contributed by atoms with van der Waals surface area (Å²) < 4.78 is 1.61. The van der Waals surface area contributed by atoms with Gasteiger partial charge in [0.2, 0.25) is 5.91 Å². The molecule has 0 spiro atoms. The van der Waals surface area contributed by atoms with E-state index in [1.165, 1.54) is 0 Å². The zero-order valence-corrected chi connectivity index (χ0v) is 10.4. The Labute approximate surface area is 107 Å². The lowest BCUT2D eigenvalue weighted by molar-refractivity contribution is -0.126. The maximum Gasteiger partial charge on any atom is 0.261 e. The van der Waals surface area contributed by atoms with Crippen LogP contribution < -0.4 is 11.1 Å². The highest BCUT2D eigenvalue weighted by atomic mass is 16.2. The van der Waals surface area contributed by atoms with E-state index in [4.69, 9.17) is 5.73 Å². The third-order valence-corrected chi connectivity index (χ3v) is 3.29. The van der Waals surface area contributed by atoms with Crippen LogP contribution in [0, 0.1) is 5.92 Å². The van der Waals surface area contributed by atoms with Crippen molar-refractivity contribution >= 4 is 23.3 Å². The van der Waals surface area contributed by atoms with E-state index in [0.717, 1.165) is 25.0 Å². The summed E-state index contributed by atoms with van der Waals surface area (Å²) in [4.78, 5) is 23.6. The van der Waals surface area contributed by atoms with Gasteiger partial charge in [0.25, 0.3) is 5.91 Å². The summed E-state index contributed by atoms with van der Waals surface area (Å²) in [6.07, 6.45) is 4.45. The number of carbonyl (C=O) groups excluding carboxylic acids is 2. The first-order valence-corrected chi connectivity index (χ1v) is 5.98. The van der Waals surface area contributed by atoms with E-state index in [9.17, 15) is 9.59 Å². The molecule has 0 atom stereocenters. The number of anilines is 1. The molecule has 5 heteroatoms. The van der Waals surface area contributed by atoms with E-state index in [1.807, 2.05) is 0 Å². The second-order valence-electron chi connectivity index (χ2n) is 4.67.